The summed E-state index contributed by atoms with van der Waals surface area (Å²) in [5.74, 6) is 1.58. The molecule has 4 heteroatoms. The van der Waals surface area contributed by atoms with Crippen LogP contribution in [0.5, 0.6) is 5.75 Å². The van der Waals surface area contributed by atoms with Crippen molar-refractivity contribution in [3.63, 3.8) is 0 Å². The van der Waals surface area contributed by atoms with Crippen molar-refractivity contribution < 1.29 is 9.13 Å². The van der Waals surface area contributed by atoms with Crippen molar-refractivity contribution in [3.05, 3.63) is 29.6 Å². The summed E-state index contributed by atoms with van der Waals surface area (Å²) >= 11 is 1.86. The van der Waals surface area contributed by atoms with Gasteiger partial charge in [0.2, 0.25) is 0 Å². The van der Waals surface area contributed by atoms with E-state index in [-0.39, 0.29) is 11.9 Å². The minimum Gasteiger partial charge on any atom is -0.496 e. The van der Waals surface area contributed by atoms with Crippen molar-refractivity contribution in [1.29, 1.82) is 0 Å². The molecule has 0 fully saturated rings. The number of hydrogen-bond acceptors (Lipinski definition) is 3. The normalized spacial score (nSPS) is 12.4. The fraction of sp³-hybridized carbons (Fsp3) is 0.571. The van der Waals surface area contributed by atoms with Crippen molar-refractivity contribution in [2.24, 2.45) is 0 Å². The van der Waals surface area contributed by atoms with E-state index in [1.165, 1.54) is 18.2 Å². The standard InChI is InChI=1S/C14H22FNOS/c1-11(16-9-4-5-10-18-3)14-12(15)7-6-8-13(14)17-2/h6-8,11,16H,4-5,9-10H2,1-3H3. The second-order valence-electron chi connectivity index (χ2n) is 4.23. The first-order chi connectivity index (χ1) is 8.70. The molecule has 1 aromatic carbocycles. The van der Waals surface area contributed by atoms with Crippen molar-refractivity contribution in [2.45, 2.75) is 25.8 Å². The zero-order valence-corrected chi connectivity index (χ0v) is 12.1. The Morgan fingerprint density at radius 3 is 2.83 bits per heavy atom. The smallest absolute Gasteiger partial charge is 0.131 e. The molecule has 2 nitrogen and oxygen atoms in total. The molecule has 0 saturated carbocycles. The Morgan fingerprint density at radius 2 is 2.17 bits per heavy atom. The molecule has 0 aliphatic carbocycles. The molecule has 0 heterocycles. The average Bonchev–Trinajstić information content (AvgIpc) is 2.37. The summed E-state index contributed by atoms with van der Waals surface area (Å²) in [6.45, 7) is 2.87. The number of rotatable bonds is 8. The van der Waals surface area contributed by atoms with Gasteiger partial charge in [0.15, 0.2) is 0 Å². The average molecular weight is 271 g/mol. The van der Waals surface area contributed by atoms with Gasteiger partial charge in [-0.2, -0.15) is 11.8 Å². The second kappa shape index (κ2) is 8.38. The lowest BCUT2D eigenvalue weighted by molar-refractivity contribution is 0.393. The van der Waals surface area contributed by atoms with E-state index in [1.807, 2.05) is 18.7 Å². The Labute approximate surface area is 113 Å². The maximum absolute atomic E-state index is 13.8. The maximum atomic E-state index is 13.8. The molecular weight excluding hydrogens is 249 g/mol. The summed E-state index contributed by atoms with van der Waals surface area (Å²) in [5, 5.41) is 3.34. The van der Waals surface area contributed by atoms with Crippen LogP contribution in [-0.2, 0) is 0 Å². The molecule has 1 atom stereocenters. The number of hydrogen-bond donors (Lipinski definition) is 1. The van der Waals surface area contributed by atoms with E-state index in [0.717, 1.165) is 13.0 Å². The van der Waals surface area contributed by atoms with Crippen LogP contribution in [0.2, 0.25) is 0 Å². The summed E-state index contributed by atoms with van der Waals surface area (Å²) < 4.78 is 19.0. The van der Waals surface area contributed by atoms with Crippen LogP contribution in [0.15, 0.2) is 18.2 Å². The molecule has 1 N–H and O–H groups in total. The number of thioether (sulfide) groups is 1. The molecule has 1 rings (SSSR count). The lowest BCUT2D eigenvalue weighted by atomic mass is 10.1. The van der Waals surface area contributed by atoms with E-state index in [9.17, 15) is 4.39 Å². The molecule has 0 amide bonds. The Morgan fingerprint density at radius 1 is 1.39 bits per heavy atom. The van der Waals surface area contributed by atoms with E-state index < -0.39 is 0 Å². The van der Waals surface area contributed by atoms with Crippen molar-refractivity contribution in [1.82, 2.24) is 5.32 Å². The number of ether oxygens (including phenoxy) is 1. The van der Waals surface area contributed by atoms with Crippen LogP contribution in [0.3, 0.4) is 0 Å². The Hall–Kier alpha value is -0.740. The van der Waals surface area contributed by atoms with Gasteiger partial charge in [-0.25, -0.2) is 4.39 Å². The largest absolute Gasteiger partial charge is 0.496 e. The van der Waals surface area contributed by atoms with Gasteiger partial charge in [0.05, 0.1) is 7.11 Å². The highest BCUT2D eigenvalue weighted by Crippen LogP contribution is 2.27. The number of methoxy groups -OCH3 is 1. The zero-order valence-electron chi connectivity index (χ0n) is 11.3. The molecule has 0 bridgehead atoms. The number of halogens is 1. The first-order valence-corrected chi connectivity index (χ1v) is 7.64. The molecule has 102 valence electrons. The molecule has 0 aliphatic heterocycles. The Kier molecular flexibility index (Phi) is 7.13. The van der Waals surface area contributed by atoms with Gasteiger partial charge >= 0.3 is 0 Å². The highest BCUT2D eigenvalue weighted by atomic mass is 32.2. The van der Waals surface area contributed by atoms with Gasteiger partial charge in [-0.1, -0.05) is 6.07 Å². The van der Waals surface area contributed by atoms with Gasteiger partial charge in [-0.3, -0.25) is 0 Å². The van der Waals surface area contributed by atoms with Crippen LogP contribution >= 0.6 is 11.8 Å². The van der Waals surface area contributed by atoms with E-state index >= 15 is 0 Å². The first kappa shape index (κ1) is 15.3. The molecule has 18 heavy (non-hydrogen) atoms. The highest BCUT2D eigenvalue weighted by molar-refractivity contribution is 7.98. The van der Waals surface area contributed by atoms with Gasteiger partial charge in [0.25, 0.3) is 0 Å². The Bertz CT molecular complexity index is 360. The number of benzene rings is 1. The van der Waals surface area contributed by atoms with Gasteiger partial charge < -0.3 is 10.1 Å². The van der Waals surface area contributed by atoms with E-state index in [4.69, 9.17) is 4.74 Å². The fourth-order valence-corrected chi connectivity index (χ4v) is 2.40. The third-order valence-electron chi connectivity index (χ3n) is 2.89. The molecule has 0 saturated heterocycles. The summed E-state index contributed by atoms with van der Waals surface area (Å²) in [6.07, 6.45) is 4.41. The third kappa shape index (κ3) is 4.50. The zero-order chi connectivity index (χ0) is 13.4. The van der Waals surface area contributed by atoms with Gasteiger partial charge in [0, 0.05) is 11.6 Å². The summed E-state index contributed by atoms with van der Waals surface area (Å²) in [6, 6.07) is 4.91. The third-order valence-corrected chi connectivity index (χ3v) is 3.59. The van der Waals surface area contributed by atoms with E-state index in [0.29, 0.717) is 11.3 Å². The van der Waals surface area contributed by atoms with Crippen LogP contribution in [0, 0.1) is 5.82 Å². The monoisotopic (exact) mass is 271 g/mol. The van der Waals surface area contributed by atoms with Crippen molar-refractivity contribution >= 4 is 11.8 Å². The quantitative estimate of drug-likeness (QED) is 0.730. The van der Waals surface area contributed by atoms with Crippen molar-refractivity contribution in [2.75, 3.05) is 25.7 Å². The predicted molar refractivity (Wildman–Crippen MR) is 77.0 cm³/mol. The minimum absolute atomic E-state index is 0.0320. The number of nitrogens with one attached hydrogen (secondary N) is 1. The molecular formula is C14H22FNOS. The molecule has 0 aromatic heterocycles. The van der Waals surface area contributed by atoms with Gasteiger partial charge in [-0.15, -0.1) is 0 Å². The molecule has 1 aromatic rings. The van der Waals surface area contributed by atoms with Crippen LogP contribution in [0.1, 0.15) is 31.4 Å². The van der Waals surface area contributed by atoms with E-state index in [1.54, 1.807) is 19.2 Å². The fourth-order valence-electron chi connectivity index (χ4n) is 1.91. The molecule has 0 aliphatic rings. The minimum atomic E-state index is -0.210. The second-order valence-corrected chi connectivity index (χ2v) is 5.22. The summed E-state index contributed by atoms with van der Waals surface area (Å²) in [4.78, 5) is 0. The summed E-state index contributed by atoms with van der Waals surface area (Å²) in [5.41, 5.74) is 0.616. The van der Waals surface area contributed by atoms with Crippen molar-refractivity contribution in [3.8, 4) is 5.75 Å². The van der Waals surface area contributed by atoms with Gasteiger partial charge in [0.1, 0.15) is 11.6 Å². The summed E-state index contributed by atoms with van der Waals surface area (Å²) in [7, 11) is 1.57. The highest BCUT2D eigenvalue weighted by Gasteiger charge is 2.15. The lowest BCUT2D eigenvalue weighted by Gasteiger charge is -2.18. The van der Waals surface area contributed by atoms with Crippen LogP contribution in [-0.4, -0.2) is 25.7 Å². The molecule has 0 spiro atoms. The topological polar surface area (TPSA) is 21.3 Å². The predicted octanol–water partition coefficient (Wildman–Crippen LogP) is 3.63. The SMILES string of the molecule is COc1cccc(F)c1C(C)NCCCCSC. The van der Waals surface area contributed by atoms with Gasteiger partial charge in [-0.05, 0) is 50.5 Å². The molecule has 0 radical (unpaired) electrons. The number of unbranched alkanes of at least 4 members (excludes halogenated alkanes) is 1. The maximum Gasteiger partial charge on any atom is 0.131 e. The Balaban J connectivity index is 2.53. The molecule has 1 unspecified atom stereocenters. The lowest BCUT2D eigenvalue weighted by Crippen LogP contribution is -2.21. The van der Waals surface area contributed by atoms with Crippen LogP contribution < -0.4 is 10.1 Å². The first-order valence-electron chi connectivity index (χ1n) is 6.25. The van der Waals surface area contributed by atoms with Crippen LogP contribution in [0.4, 0.5) is 4.39 Å². The van der Waals surface area contributed by atoms with E-state index in [2.05, 4.69) is 11.6 Å². The van der Waals surface area contributed by atoms with Crippen LogP contribution in [0.25, 0.3) is 0 Å².